The van der Waals surface area contributed by atoms with Crippen molar-refractivity contribution in [2.45, 2.75) is 26.2 Å². The van der Waals surface area contributed by atoms with Crippen LogP contribution < -0.4 is 5.32 Å². The highest BCUT2D eigenvalue weighted by Gasteiger charge is 2.31. The standard InChI is InChI=1S/C21H24N2O4/c1-13-9-10-16(12-17(13)19(25)26)22-18(24)14-7-6-8-15(11-14)21(2,3)20(27)23(4)5/h6-12H,1-5H3,(H,22,24)(H,25,26). The van der Waals surface area contributed by atoms with Gasteiger partial charge in [0.25, 0.3) is 5.91 Å². The number of nitrogens with zero attached hydrogens (tertiary/aromatic N) is 1. The van der Waals surface area contributed by atoms with Crippen LogP contribution in [0.5, 0.6) is 0 Å². The van der Waals surface area contributed by atoms with Crippen LogP contribution in [-0.2, 0) is 10.2 Å². The highest BCUT2D eigenvalue weighted by atomic mass is 16.4. The van der Waals surface area contributed by atoms with Gasteiger partial charge in [-0.25, -0.2) is 4.79 Å². The quantitative estimate of drug-likeness (QED) is 0.848. The second kappa shape index (κ2) is 7.61. The van der Waals surface area contributed by atoms with Crippen LogP contribution in [0.3, 0.4) is 0 Å². The lowest BCUT2D eigenvalue weighted by Crippen LogP contribution is -2.39. The summed E-state index contributed by atoms with van der Waals surface area (Å²) in [6, 6.07) is 11.6. The molecule has 142 valence electrons. The first-order chi connectivity index (χ1) is 12.5. The van der Waals surface area contributed by atoms with Crippen molar-refractivity contribution in [3.05, 3.63) is 64.7 Å². The maximum absolute atomic E-state index is 12.6. The number of benzene rings is 2. The molecule has 0 heterocycles. The monoisotopic (exact) mass is 368 g/mol. The number of carboxylic acid groups (broad SMARTS) is 1. The topological polar surface area (TPSA) is 86.7 Å². The molecule has 6 heteroatoms. The summed E-state index contributed by atoms with van der Waals surface area (Å²) in [5, 5.41) is 11.9. The normalized spacial score (nSPS) is 11.0. The maximum Gasteiger partial charge on any atom is 0.336 e. The van der Waals surface area contributed by atoms with E-state index in [1.807, 2.05) is 19.9 Å². The zero-order valence-corrected chi connectivity index (χ0v) is 16.2. The summed E-state index contributed by atoms with van der Waals surface area (Å²) in [5.74, 6) is -1.48. The molecule has 27 heavy (non-hydrogen) atoms. The van der Waals surface area contributed by atoms with Crippen molar-refractivity contribution in [1.29, 1.82) is 0 Å². The second-order valence-electron chi connectivity index (χ2n) is 7.19. The first kappa shape index (κ1) is 20.2. The van der Waals surface area contributed by atoms with Crippen LogP contribution in [0.1, 0.15) is 45.7 Å². The SMILES string of the molecule is Cc1ccc(NC(=O)c2cccc(C(C)(C)C(=O)N(C)C)c2)cc1C(=O)O. The van der Waals surface area contributed by atoms with Crippen LogP contribution in [0, 0.1) is 6.92 Å². The van der Waals surface area contributed by atoms with E-state index in [2.05, 4.69) is 5.32 Å². The molecule has 0 aliphatic rings. The summed E-state index contributed by atoms with van der Waals surface area (Å²) < 4.78 is 0. The third kappa shape index (κ3) is 4.34. The van der Waals surface area contributed by atoms with Gasteiger partial charge in [0.05, 0.1) is 11.0 Å². The largest absolute Gasteiger partial charge is 0.478 e. The van der Waals surface area contributed by atoms with E-state index in [4.69, 9.17) is 0 Å². The van der Waals surface area contributed by atoms with Crippen LogP contribution >= 0.6 is 0 Å². The lowest BCUT2D eigenvalue weighted by Gasteiger charge is -2.27. The van der Waals surface area contributed by atoms with Crippen molar-refractivity contribution in [1.82, 2.24) is 4.90 Å². The van der Waals surface area contributed by atoms with Crippen molar-refractivity contribution < 1.29 is 19.5 Å². The number of hydrogen-bond donors (Lipinski definition) is 2. The number of hydrogen-bond acceptors (Lipinski definition) is 3. The zero-order chi connectivity index (χ0) is 20.4. The Balaban J connectivity index is 2.30. The van der Waals surface area contributed by atoms with E-state index >= 15 is 0 Å². The molecule has 0 fully saturated rings. The van der Waals surface area contributed by atoms with E-state index in [0.717, 1.165) is 5.56 Å². The van der Waals surface area contributed by atoms with E-state index in [0.29, 0.717) is 16.8 Å². The predicted molar refractivity (Wildman–Crippen MR) is 104 cm³/mol. The Morgan fingerprint density at radius 2 is 1.70 bits per heavy atom. The number of carbonyl (C=O) groups is 3. The van der Waals surface area contributed by atoms with Gasteiger partial charge in [-0.1, -0.05) is 18.2 Å². The van der Waals surface area contributed by atoms with Gasteiger partial charge in [-0.2, -0.15) is 0 Å². The van der Waals surface area contributed by atoms with Crippen LogP contribution in [0.2, 0.25) is 0 Å². The third-order valence-electron chi connectivity index (χ3n) is 4.51. The Morgan fingerprint density at radius 3 is 2.30 bits per heavy atom. The number of amides is 2. The molecule has 0 saturated carbocycles. The lowest BCUT2D eigenvalue weighted by atomic mass is 9.82. The minimum atomic E-state index is -1.05. The summed E-state index contributed by atoms with van der Waals surface area (Å²) in [5.41, 5.74) is 1.50. The lowest BCUT2D eigenvalue weighted by molar-refractivity contribution is -0.133. The average molecular weight is 368 g/mol. The summed E-state index contributed by atoms with van der Waals surface area (Å²) in [6.45, 7) is 5.32. The van der Waals surface area contributed by atoms with Gasteiger partial charge in [-0.05, 0) is 56.2 Å². The molecular weight excluding hydrogens is 344 g/mol. The summed E-state index contributed by atoms with van der Waals surface area (Å²) in [7, 11) is 3.39. The van der Waals surface area contributed by atoms with Gasteiger partial charge in [0.15, 0.2) is 0 Å². The van der Waals surface area contributed by atoms with Crippen molar-refractivity contribution in [2.24, 2.45) is 0 Å². The molecule has 2 aromatic carbocycles. The Hall–Kier alpha value is -3.15. The van der Waals surface area contributed by atoms with Gasteiger partial charge in [0.1, 0.15) is 0 Å². The van der Waals surface area contributed by atoms with E-state index in [9.17, 15) is 19.5 Å². The molecule has 0 saturated heterocycles. The Labute approximate surface area is 158 Å². The molecular formula is C21H24N2O4. The fourth-order valence-corrected chi connectivity index (χ4v) is 2.87. The molecule has 2 aromatic rings. The van der Waals surface area contributed by atoms with E-state index in [1.54, 1.807) is 51.4 Å². The zero-order valence-electron chi connectivity index (χ0n) is 16.2. The molecule has 2 rings (SSSR count). The molecule has 0 radical (unpaired) electrons. The minimum Gasteiger partial charge on any atom is -0.478 e. The molecule has 0 spiro atoms. The molecule has 0 atom stereocenters. The van der Waals surface area contributed by atoms with Gasteiger partial charge in [0.2, 0.25) is 5.91 Å². The van der Waals surface area contributed by atoms with Crippen molar-refractivity contribution in [3.8, 4) is 0 Å². The first-order valence-corrected chi connectivity index (χ1v) is 8.51. The van der Waals surface area contributed by atoms with E-state index in [-0.39, 0.29) is 17.4 Å². The molecule has 2 N–H and O–H groups in total. The molecule has 0 aliphatic carbocycles. The maximum atomic E-state index is 12.6. The molecule has 0 aliphatic heterocycles. The second-order valence-corrected chi connectivity index (χ2v) is 7.19. The number of aromatic carboxylic acids is 1. The van der Waals surface area contributed by atoms with Crippen LogP contribution in [0.25, 0.3) is 0 Å². The van der Waals surface area contributed by atoms with Gasteiger partial charge in [-0.3, -0.25) is 9.59 Å². The Kier molecular flexibility index (Phi) is 5.69. The fourth-order valence-electron chi connectivity index (χ4n) is 2.87. The summed E-state index contributed by atoms with van der Waals surface area (Å²) in [4.78, 5) is 37.8. The third-order valence-corrected chi connectivity index (χ3v) is 4.51. The average Bonchev–Trinajstić information content (AvgIpc) is 2.62. The van der Waals surface area contributed by atoms with Crippen LogP contribution in [0.4, 0.5) is 5.69 Å². The predicted octanol–water partition coefficient (Wildman–Crippen LogP) is 3.31. The molecule has 0 unspecified atom stereocenters. The van der Waals surface area contributed by atoms with E-state index in [1.165, 1.54) is 11.0 Å². The van der Waals surface area contributed by atoms with Crippen molar-refractivity contribution in [2.75, 3.05) is 19.4 Å². The number of nitrogens with one attached hydrogen (secondary N) is 1. The molecule has 0 aromatic heterocycles. The number of anilines is 1. The summed E-state index contributed by atoms with van der Waals surface area (Å²) >= 11 is 0. The molecule has 2 amide bonds. The Bertz CT molecular complexity index is 901. The first-order valence-electron chi connectivity index (χ1n) is 8.51. The molecule has 6 nitrogen and oxygen atoms in total. The van der Waals surface area contributed by atoms with Gasteiger partial charge in [-0.15, -0.1) is 0 Å². The smallest absolute Gasteiger partial charge is 0.336 e. The number of carbonyl (C=O) groups excluding carboxylic acids is 2. The molecule has 0 bridgehead atoms. The van der Waals surface area contributed by atoms with Crippen molar-refractivity contribution in [3.63, 3.8) is 0 Å². The number of rotatable bonds is 5. The number of carboxylic acids is 1. The van der Waals surface area contributed by atoms with Crippen molar-refractivity contribution >= 4 is 23.5 Å². The van der Waals surface area contributed by atoms with E-state index < -0.39 is 11.4 Å². The van der Waals surface area contributed by atoms with Crippen LogP contribution in [0.15, 0.2) is 42.5 Å². The van der Waals surface area contributed by atoms with Gasteiger partial charge >= 0.3 is 5.97 Å². The highest BCUT2D eigenvalue weighted by Crippen LogP contribution is 2.26. The minimum absolute atomic E-state index is 0.0651. The number of likely N-dealkylation sites (N-methyl/N-ethyl adjacent to an activating group) is 1. The van der Waals surface area contributed by atoms with Crippen LogP contribution in [-0.4, -0.2) is 41.9 Å². The highest BCUT2D eigenvalue weighted by molar-refractivity contribution is 6.05. The van der Waals surface area contributed by atoms with Gasteiger partial charge in [0, 0.05) is 25.3 Å². The Morgan fingerprint density at radius 1 is 1.04 bits per heavy atom. The fraction of sp³-hybridized carbons (Fsp3) is 0.286. The summed E-state index contributed by atoms with van der Waals surface area (Å²) in [6.07, 6.45) is 0. The van der Waals surface area contributed by atoms with Gasteiger partial charge < -0.3 is 15.3 Å². The number of aryl methyl sites for hydroxylation is 1.